The molecule has 0 aromatic rings. The normalized spacial score (nSPS) is 32.2. The van der Waals surface area contributed by atoms with Crippen LogP contribution in [0.25, 0.3) is 0 Å². The van der Waals surface area contributed by atoms with Crippen LogP contribution in [0.2, 0.25) is 0 Å². The van der Waals surface area contributed by atoms with Crippen LogP contribution in [0.1, 0.15) is 0 Å². The second-order valence-electron chi connectivity index (χ2n) is 3.33. The Balaban J connectivity index is 2.36. The first-order valence-electron chi connectivity index (χ1n) is 4.26. The third-order valence-electron chi connectivity index (χ3n) is 2.16. The molecule has 6 heteroatoms. The number of methoxy groups -OCH3 is 1. The Morgan fingerprint density at radius 3 is 2.69 bits per heavy atom. The van der Waals surface area contributed by atoms with Crippen LogP contribution >= 0.6 is 0 Å². The van der Waals surface area contributed by atoms with Gasteiger partial charge in [-0.15, -0.1) is 0 Å². The van der Waals surface area contributed by atoms with Crippen LogP contribution in [-0.4, -0.2) is 57.4 Å². The number of aliphatic hydroxyl groups is 1. The summed E-state index contributed by atoms with van der Waals surface area (Å²) in [5, 5.41) is 11.2. The van der Waals surface area contributed by atoms with Crippen molar-refractivity contribution in [2.24, 2.45) is 0 Å². The van der Waals surface area contributed by atoms with Gasteiger partial charge in [0.25, 0.3) is 0 Å². The van der Waals surface area contributed by atoms with Gasteiger partial charge in [0.2, 0.25) is 0 Å². The van der Waals surface area contributed by atoms with Gasteiger partial charge < -0.3 is 15.2 Å². The lowest BCUT2D eigenvalue weighted by Gasteiger charge is -2.10. The summed E-state index contributed by atoms with van der Waals surface area (Å²) in [5.41, 5.74) is 0. The molecule has 0 bridgehead atoms. The van der Waals surface area contributed by atoms with E-state index in [-0.39, 0.29) is 17.5 Å². The van der Waals surface area contributed by atoms with E-state index in [9.17, 15) is 13.5 Å². The molecule has 1 rings (SSSR count). The van der Waals surface area contributed by atoms with Gasteiger partial charge in [-0.3, -0.25) is 0 Å². The highest BCUT2D eigenvalue weighted by Crippen LogP contribution is 2.08. The van der Waals surface area contributed by atoms with Gasteiger partial charge in [-0.25, -0.2) is 8.42 Å². The number of hydrogen-bond acceptors (Lipinski definition) is 4. The molecule has 0 amide bonds. The highest BCUT2D eigenvalue weighted by atomic mass is 32.2. The SMILES string of the molecule is COCC[NH2+]C1CS(=O)(=O)CC1O. The van der Waals surface area contributed by atoms with Crippen molar-refractivity contribution in [2.75, 3.05) is 31.8 Å². The van der Waals surface area contributed by atoms with E-state index in [1.165, 1.54) is 0 Å². The molecule has 1 fully saturated rings. The molecule has 0 radical (unpaired) electrons. The third kappa shape index (κ3) is 3.22. The van der Waals surface area contributed by atoms with E-state index in [2.05, 4.69) is 0 Å². The van der Waals surface area contributed by atoms with Crippen molar-refractivity contribution in [2.45, 2.75) is 12.1 Å². The zero-order chi connectivity index (χ0) is 9.90. The summed E-state index contributed by atoms with van der Waals surface area (Å²) in [5.74, 6) is -0.0149. The largest absolute Gasteiger partial charge is 0.386 e. The first-order valence-corrected chi connectivity index (χ1v) is 6.08. The van der Waals surface area contributed by atoms with E-state index in [0.717, 1.165) is 0 Å². The van der Waals surface area contributed by atoms with E-state index >= 15 is 0 Å². The van der Waals surface area contributed by atoms with E-state index in [4.69, 9.17) is 4.74 Å². The quantitative estimate of drug-likeness (QED) is 0.497. The van der Waals surface area contributed by atoms with Gasteiger partial charge in [0, 0.05) is 7.11 Å². The summed E-state index contributed by atoms with van der Waals surface area (Å²) in [6.07, 6.45) is -0.721. The van der Waals surface area contributed by atoms with Crippen LogP contribution in [-0.2, 0) is 14.6 Å². The predicted molar refractivity (Wildman–Crippen MR) is 47.1 cm³/mol. The molecule has 2 unspecified atom stereocenters. The second-order valence-corrected chi connectivity index (χ2v) is 5.48. The molecule has 2 atom stereocenters. The maximum Gasteiger partial charge on any atom is 0.159 e. The van der Waals surface area contributed by atoms with Crippen molar-refractivity contribution >= 4 is 9.84 Å². The number of quaternary nitrogens is 1. The van der Waals surface area contributed by atoms with Gasteiger partial charge in [0.15, 0.2) is 9.84 Å². The summed E-state index contributed by atoms with van der Waals surface area (Å²) in [4.78, 5) is 0. The highest BCUT2D eigenvalue weighted by molar-refractivity contribution is 7.91. The monoisotopic (exact) mass is 210 g/mol. The van der Waals surface area contributed by atoms with Crippen molar-refractivity contribution in [1.82, 2.24) is 0 Å². The average molecular weight is 210 g/mol. The first kappa shape index (κ1) is 10.9. The summed E-state index contributed by atoms with van der Waals surface area (Å²) in [7, 11) is -1.41. The van der Waals surface area contributed by atoms with Crippen LogP contribution in [0, 0.1) is 0 Å². The summed E-state index contributed by atoms with van der Waals surface area (Å²) < 4.78 is 27.0. The molecule has 5 nitrogen and oxygen atoms in total. The van der Waals surface area contributed by atoms with Crippen LogP contribution in [0.4, 0.5) is 0 Å². The fourth-order valence-corrected chi connectivity index (χ4v) is 3.33. The number of hydrogen-bond donors (Lipinski definition) is 2. The number of sulfone groups is 1. The Labute approximate surface area is 78.0 Å². The predicted octanol–water partition coefficient (Wildman–Crippen LogP) is -2.65. The van der Waals surface area contributed by atoms with Crippen molar-refractivity contribution < 1.29 is 23.6 Å². The van der Waals surface area contributed by atoms with Crippen molar-refractivity contribution in [1.29, 1.82) is 0 Å². The van der Waals surface area contributed by atoms with Crippen molar-refractivity contribution in [3.05, 3.63) is 0 Å². The van der Waals surface area contributed by atoms with Gasteiger partial charge in [-0.2, -0.15) is 0 Å². The fourth-order valence-electron chi connectivity index (χ4n) is 1.48. The highest BCUT2D eigenvalue weighted by Gasteiger charge is 2.38. The minimum absolute atomic E-state index is 0.0812. The van der Waals surface area contributed by atoms with Crippen molar-refractivity contribution in [3.8, 4) is 0 Å². The number of rotatable bonds is 4. The molecule has 1 heterocycles. The zero-order valence-electron chi connectivity index (χ0n) is 7.64. The molecule has 0 spiro atoms. The van der Waals surface area contributed by atoms with Crippen LogP contribution in [0.15, 0.2) is 0 Å². The minimum Gasteiger partial charge on any atom is -0.386 e. The lowest BCUT2D eigenvalue weighted by molar-refractivity contribution is -0.691. The lowest BCUT2D eigenvalue weighted by atomic mass is 10.2. The third-order valence-corrected chi connectivity index (χ3v) is 3.90. The van der Waals surface area contributed by atoms with E-state index in [1.54, 1.807) is 7.11 Å². The van der Waals surface area contributed by atoms with E-state index < -0.39 is 15.9 Å². The summed E-state index contributed by atoms with van der Waals surface area (Å²) in [6.45, 7) is 1.26. The molecule has 0 aromatic carbocycles. The molecular weight excluding hydrogens is 194 g/mol. The number of nitrogens with two attached hydrogens (primary N) is 1. The topological polar surface area (TPSA) is 80.2 Å². The molecular formula is C7H16NO4S+. The molecule has 0 aromatic heterocycles. The fraction of sp³-hybridized carbons (Fsp3) is 1.00. The summed E-state index contributed by atoms with van der Waals surface area (Å²) in [6, 6.07) is -0.208. The Morgan fingerprint density at radius 1 is 1.54 bits per heavy atom. The molecule has 0 saturated carbocycles. The smallest absolute Gasteiger partial charge is 0.159 e. The molecule has 78 valence electrons. The zero-order valence-corrected chi connectivity index (χ0v) is 8.46. The Kier molecular flexibility index (Phi) is 3.66. The molecule has 0 aliphatic carbocycles. The molecule has 1 aliphatic rings. The van der Waals surface area contributed by atoms with E-state index in [1.807, 2.05) is 5.32 Å². The lowest BCUT2D eigenvalue weighted by Crippen LogP contribution is -2.93. The Bertz CT molecular complexity index is 251. The van der Waals surface area contributed by atoms with Gasteiger partial charge in [0.05, 0.1) is 18.9 Å². The number of aliphatic hydroxyl groups excluding tert-OH is 1. The van der Waals surface area contributed by atoms with E-state index in [0.29, 0.717) is 13.2 Å². The second kappa shape index (κ2) is 4.36. The van der Waals surface area contributed by atoms with Gasteiger partial charge in [-0.1, -0.05) is 0 Å². The average Bonchev–Trinajstić information content (AvgIpc) is 2.25. The molecule has 1 saturated heterocycles. The first-order chi connectivity index (χ1) is 6.05. The van der Waals surface area contributed by atoms with Gasteiger partial charge >= 0.3 is 0 Å². The van der Waals surface area contributed by atoms with Gasteiger partial charge in [0.1, 0.15) is 17.9 Å². The van der Waals surface area contributed by atoms with Crippen molar-refractivity contribution in [3.63, 3.8) is 0 Å². The standard InChI is InChI=1S/C7H15NO4S/c1-12-3-2-8-6-4-13(10,11)5-7(6)9/h6-9H,2-5H2,1H3/p+1. The minimum atomic E-state index is -3.00. The Morgan fingerprint density at radius 2 is 2.23 bits per heavy atom. The summed E-state index contributed by atoms with van der Waals surface area (Å²) >= 11 is 0. The van der Waals surface area contributed by atoms with Crippen LogP contribution < -0.4 is 5.32 Å². The number of ether oxygens (including phenoxy) is 1. The molecule has 1 aliphatic heterocycles. The van der Waals surface area contributed by atoms with Crippen LogP contribution in [0.3, 0.4) is 0 Å². The van der Waals surface area contributed by atoms with Gasteiger partial charge in [-0.05, 0) is 0 Å². The Hall–Kier alpha value is -0.170. The molecule has 13 heavy (non-hydrogen) atoms. The van der Waals surface area contributed by atoms with Crippen LogP contribution in [0.5, 0.6) is 0 Å². The maximum absolute atomic E-state index is 11.1. The molecule has 3 N–H and O–H groups in total. The maximum atomic E-state index is 11.1.